The molecular formula is C15H19N3O5. The lowest BCUT2D eigenvalue weighted by atomic mass is 10.2. The molecule has 0 atom stereocenters. The molecule has 0 bridgehead atoms. The third-order valence-electron chi connectivity index (χ3n) is 3.70. The first-order chi connectivity index (χ1) is 11.2. The number of benzene rings is 1. The van der Waals surface area contributed by atoms with Gasteiger partial charge < -0.3 is 24.8 Å². The van der Waals surface area contributed by atoms with E-state index in [2.05, 4.69) is 5.32 Å². The number of amides is 3. The zero-order valence-corrected chi connectivity index (χ0v) is 12.7. The highest BCUT2D eigenvalue weighted by Gasteiger charge is 2.31. The first-order valence-electron chi connectivity index (χ1n) is 7.52. The van der Waals surface area contributed by atoms with Crippen LogP contribution in [0.25, 0.3) is 0 Å². The number of ether oxygens (including phenoxy) is 2. The molecule has 8 heteroatoms. The van der Waals surface area contributed by atoms with Crippen molar-refractivity contribution in [1.82, 2.24) is 10.2 Å². The molecule has 0 aromatic heterocycles. The predicted molar refractivity (Wildman–Crippen MR) is 81.8 cm³/mol. The lowest BCUT2D eigenvalue weighted by Crippen LogP contribution is -2.40. The van der Waals surface area contributed by atoms with Crippen LogP contribution in [0.3, 0.4) is 0 Å². The number of hydrogen-bond donors (Lipinski definition) is 2. The van der Waals surface area contributed by atoms with Gasteiger partial charge in [-0.05, 0) is 12.1 Å². The summed E-state index contributed by atoms with van der Waals surface area (Å²) in [5.74, 6) is 1.02. The zero-order valence-electron chi connectivity index (χ0n) is 12.7. The number of hydrogen-bond acceptors (Lipinski definition) is 5. The molecular weight excluding hydrogens is 302 g/mol. The van der Waals surface area contributed by atoms with E-state index in [4.69, 9.17) is 14.6 Å². The molecule has 3 rings (SSSR count). The second-order valence-electron chi connectivity index (χ2n) is 5.26. The van der Waals surface area contributed by atoms with Gasteiger partial charge in [-0.3, -0.25) is 9.69 Å². The summed E-state index contributed by atoms with van der Waals surface area (Å²) in [7, 11) is 0. The Balaban J connectivity index is 1.66. The molecule has 8 nitrogen and oxygen atoms in total. The minimum atomic E-state index is -0.281. The fourth-order valence-corrected chi connectivity index (χ4v) is 2.59. The summed E-state index contributed by atoms with van der Waals surface area (Å²) in [5, 5.41) is 11.2. The SMILES string of the molecule is O=C(CN1CCN(c2ccc3c(c2)OCCO3)C1=O)NCCO. The molecule has 23 heavy (non-hydrogen) atoms. The smallest absolute Gasteiger partial charge is 0.325 e. The second-order valence-corrected chi connectivity index (χ2v) is 5.26. The summed E-state index contributed by atoms with van der Waals surface area (Å²) in [6, 6.07) is 5.15. The van der Waals surface area contributed by atoms with Gasteiger partial charge >= 0.3 is 6.03 Å². The molecule has 1 fully saturated rings. The van der Waals surface area contributed by atoms with E-state index in [1.807, 2.05) is 0 Å². The Morgan fingerprint density at radius 3 is 2.78 bits per heavy atom. The molecule has 1 saturated heterocycles. The molecule has 0 aliphatic carbocycles. The van der Waals surface area contributed by atoms with Gasteiger partial charge in [-0.2, -0.15) is 0 Å². The monoisotopic (exact) mass is 321 g/mol. The number of fused-ring (bicyclic) bond motifs is 1. The van der Waals surface area contributed by atoms with Gasteiger partial charge in [-0.15, -0.1) is 0 Å². The summed E-state index contributed by atoms with van der Waals surface area (Å²) >= 11 is 0. The first-order valence-corrected chi connectivity index (χ1v) is 7.52. The summed E-state index contributed by atoms with van der Waals surface area (Å²) in [6.07, 6.45) is 0. The van der Waals surface area contributed by atoms with Crippen molar-refractivity contribution in [1.29, 1.82) is 0 Å². The largest absolute Gasteiger partial charge is 0.486 e. The third-order valence-corrected chi connectivity index (χ3v) is 3.70. The van der Waals surface area contributed by atoms with Crippen molar-refractivity contribution < 1.29 is 24.2 Å². The van der Waals surface area contributed by atoms with Crippen LogP contribution in [0.2, 0.25) is 0 Å². The average Bonchev–Trinajstić information content (AvgIpc) is 2.93. The van der Waals surface area contributed by atoms with Gasteiger partial charge in [-0.25, -0.2) is 4.79 Å². The van der Waals surface area contributed by atoms with E-state index in [9.17, 15) is 9.59 Å². The highest BCUT2D eigenvalue weighted by molar-refractivity contribution is 5.96. The molecule has 0 saturated carbocycles. The minimum absolute atomic E-state index is 0.0140. The average molecular weight is 321 g/mol. The van der Waals surface area contributed by atoms with E-state index in [0.717, 1.165) is 5.69 Å². The second kappa shape index (κ2) is 6.74. The maximum atomic E-state index is 12.4. The Morgan fingerprint density at radius 1 is 1.22 bits per heavy atom. The van der Waals surface area contributed by atoms with Gasteiger partial charge in [0.25, 0.3) is 0 Å². The zero-order chi connectivity index (χ0) is 16.2. The number of nitrogens with zero attached hydrogens (tertiary/aromatic N) is 2. The molecule has 1 aromatic rings. The van der Waals surface area contributed by atoms with Crippen LogP contribution in [0.5, 0.6) is 11.5 Å². The van der Waals surface area contributed by atoms with E-state index in [-0.39, 0.29) is 31.6 Å². The highest BCUT2D eigenvalue weighted by Crippen LogP contribution is 2.34. The van der Waals surface area contributed by atoms with Crippen molar-refractivity contribution >= 4 is 17.6 Å². The molecule has 2 aliphatic heterocycles. The Kier molecular flexibility index (Phi) is 4.52. The Labute approximate surface area is 133 Å². The van der Waals surface area contributed by atoms with E-state index >= 15 is 0 Å². The van der Waals surface area contributed by atoms with E-state index in [0.29, 0.717) is 37.8 Å². The Hall–Kier alpha value is -2.48. The van der Waals surface area contributed by atoms with Crippen molar-refractivity contribution in [2.75, 3.05) is 50.9 Å². The number of aliphatic hydroxyl groups excluding tert-OH is 1. The summed E-state index contributed by atoms with van der Waals surface area (Å²) in [5.41, 5.74) is 0.720. The standard InChI is InChI=1S/C15H19N3O5/c19-6-3-16-14(20)10-17-4-5-18(15(17)21)11-1-2-12-13(9-11)23-8-7-22-12/h1-2,9,19H,3-8,10H2,(H,16,20). The Morgan fingerprint density at radius 2 is 2.00 bits per heavy atom. The van der Waals surface area contributed by atoms with Gasteiger partial charge in [0.2, 0.25) is 5.91 Å². The normalized spacial score (nSPS) is 16.7. The van der Waals surface area contributed by atoms with Crippen LogP contribution in [0.1, 0.15) is 0 Å². The topological polar surface area (TPSA) is 91.3 Å². The van der Waals surface area contributed by atoms with Crippen LogP contribution < -0.4 is 19.7 Å². The maximum absolute atomic E-state index is 12.4. The number of urea groups is 1. The fourth-order valence-electron chi connectivity index (χ4n) is 2.59. The highest BCUT2D eigenvalue weighted by atomic mass is 16.6. The molecule has 2 heterocycles. The van der Waals surface area contributed by atoms with Crippen LogP contribution in [-0.4, -0.2) is 67.9 Å². The molecule has 2 aliphatic rings. The van der Waals surface area contributed by atoms with Gasteiger partial charge in [0.05, 0.1) is 6.61 Å². The van der Waals surface area contributed by atoms with Gasteiger partial charge in [0.1, 0.15) is 19.8 Å². The lowest BCUT2D eigenvalue weighted by molar-refractivity contribution is -0.121. The summed E-state index contributed by atoms with van der Waals surface area (Å²) < 4.78 is 11.0. The Bertz CT molecular complexity index is 607. The van der Waals surface area contributed by atoms with Crippen molar-refractivity contribution in [2.24, 2.45) is 0 Å². The van der Waals surface area contributed by atoms with Crippen molar-refractivity contribution in [3.8, 4) is 11.5 Å². The summed E-state index contributed by atoms with van der Waals surface area (Å²) in [6.45, 7) is 2.04. The third kappa shape index (κ3) is 3.31. The van der Waals surface area contributed by atoms with E-state index < -0.39 is 0 Å². The number of nitrogens with one attached hydrogen (secondary N) is 1. The maximum Gasteiger partial charge on any atom is 0.325 e. The number of carbonyl (C=O) groups excluding carboxylic acids is 2. The molecule has 124 valence electrons. The first kappa shape index (κ1) is 15.4. The van der Waals surface area contributed by atoms with Gasteiger partial charge in [0.15, 0.2) is 11.5 Å². The molecule has 0 radical (unpaired) electrons. The van der Waals surface area contributed by atoms with Crippen LogP contribution in [0.15, 0.2) is 18.2 Å². The van der Waals surface area contributed by atoms with Crippen LogP contribution in [0, 0.1) is 0 Å². The van der Waals surface area contributed by atoms with Gasteiger partial charge in [0, 0.05) is 31.4 Å². The van der Waals surface area contributed by atoms with Crippen LogP contribution in [0.4, 0.5) is 10.5 Å². The van der Waals surface area contributed by atoms with Crippen LogP contribution in [-0.2, 0) is 4.79 Å². The number of rotatable bonds is 5. The summed E-state index contributed by atoms with van der Waals surface area (Å²) in [4.78, 5) is 27.2. The number of aliphatic hydroxyl groups is 1. The predicted octanol–water partition coefficient (Wildman–Crippen LogP) is -0.192. The molecule has 0 spiro atoms. The number of carbonyl (C=O) groups is 2. The van der Waals surface area contributed by atoms with Crippen molar-refractivity contribution in [3.63, 3.8) is 0 Å². The molecule has 1 aromatic carbocycles. The molecule has 0 unspecified atom stereocenters. The molecule has 3 amide bonds. The number of anilines is 1. The van der Waals surface area contributed by atoms with E-state index in [1.54, 1.807) is 23.1 Å². The fraction of sp³-hybridized carbons (Fsp3) is 0.467. The van der Waals surface area contributed by atoms with Crippen molar-refractivity contribution in [3.05, 3.63) is 18.2 Å². The quantitative estimate of drug-likeness (QED) is 0.784. The lowest BCUT2D eigenvalue weighted by Gasteiger charge is -2.22. The minimum Gasteiger partial charge on any atom is -0.486 e. The van der Waals surface area contributed by atoms with E-state index in [1.165, 1.54) is 4.90 Å². The van der Waals surface area contributed by atoms with Crippen molar-refractivity contribution in [2.45, 2.75) is 0 Å². The van der Waals surface area contributed by atoms with Crippen LogP contribution >= 0.6 is 0 Å². The van der Waals surface area contributed by atoms with Gasteiger partial charge in [-0.1, -0.05) is 0 Å². The molecule has 2 N–H and O–H groups in total.